The van der Waals surface area contributed by atoms with Gasteiger partial charge in [0.1, 0.15) is 10.5 Å². The van der Waals surface area contributed by atoms with Gasteiger partial charge in [-0.25, -0.2) is 0 Å². The van der Waals surface area contributed by atoms with Crippen LogP contribution in [0.5, 0.6) is 5.75 Å². The van der Waals surface area contributed by atoms with Crippen LogP contribution in [0.1, 0.15) is 27.2 Å². The minimum absolute atomic E-state index is 0.501. The molecule has 0 radical (unpaired) electrons. The van der Waals surface area contributed by atoms with Crippen molar-refractivity contribution < 1.29 is 14.6 Å². The summed E-state index contributed by atoms with van der Waals surface area (Å²) in [6.45, 7) is 5.70. The van der Waals surface area contributed by atoms with Gasteiger partial charge in [0.2, 0.25) is 0 Å². The second kappa shape index (κ2) is 6.66. The molecule has 0 aliphatic heterocycles. The Hall–Kier alpha value is -1.42. The second-order valence-corrected chi connectivity index (χ2v) is 6.38. The number of hydrogen-bond donors (Lipinski definition) is 1. The first kappa shape index (κ1) is 15.6. The van der Waals surface area contributed by atoms with Crippen LogP contribution in [-0.2, 0) is 4.79 Å². The highest BCUT2D eigenvalue weighted by molar-refractivity contribution is 8.01. The number of rotatable bonds is 6. The Kier molecular flexibility index (Phi) is 5.48. The lowest BCUT2D eigenvalue weighted by atomic mass is 10.1. The van der Waals surface area contributed by atoms with Crippen molar-refractivity contribution in [3.8, 4) is 5.75 Å². The third kappa shape index (κ3) is 4.63. The van der Waals surface area contributed by atoms with Crippen molar-refractivity contribution in [2.24, 2.45) is 0 Å². The Morgan fingerprint density at radius 3 is 2.37 bits per heavy atom. The van der Waals surface area contributed by atoms with E-state index in [-0.39, 0.29) is 0 Å². The first-order chi connectivity index (χ1) is 8.87. The topological polar surface area (TPSA) is 46.5 Å². The van der Waals surface area contributed by atoms with Crippen molar-refractivity contribution in [1.29, 1.82) is 0 Å². The quantitative estimate of drug-likeness (QED) is 0.632. The molecule has 0 aliphatic carbocycles. The zero-order chi connectivity index (χ0) is 14.5. The molecule has 0 fully saturated rings. The highest BCUT2D eigenvalue weighted by atomic mass is 32.2. The summed E-state index contributed by atoms with van der Waals surface area (Å²) in [5.74, 6) is -0.0310. The number of benzene rings is 1. The summed E-state index contributed by atoms with van der Waals surface area (Å²) in [6.07, 6.45) is 2.46. The molecule has 0 amide bonds. The summed E-state index contributed by atoms with van der Waals surface area (Å²) in [7, 11) is 1.61. The maximum absolute atomic E-state index is 11.5. The highest BCUT2D eigenvalue weighted by Crippen LogP contribution is 2.37. The number of ether oxygens (including phenoxy) is 1. The first-order valence-electron chi connectivity index (χ1n) is 6.07. The number of carbonyl (C=O) groups is 1. The molecule has 3 nitrogen and oxygen atoms in total. The number of carboxylic acid groups (broad SMARTS) is 1. The molecule has 4 heteroatoms. The van der Waals surface area contributed by atoms with Gasteiger partial charge in [0, 0.05) is 4.90 Å². The number of methoxy groups -OCH3 is 1. The van der Waals surface area contributed by atoms with Gasteiger partial charge in [-0.05, 0) is 51.5 Å². The monoisotopic (exact) mass is 280 g/mol. The third-order valence-corrected chi connectivity index (χ3v) is 4.05. The van der Waals surface area contributed by atoms with E-state index in [0.29, 0.717) is 6.42 Å². The fourth-order valence-electron chi connectivity index (χ4n) is 1.48. The standard InChI is InChI=1S/C15H20O3S/c1-11(2)9-10-15(3,14(16)17)19-13-7-5-12(18-4)6-8-13/h5-9H,10H2,1-4H3,(H,16,17). The SMILES string of the molecule is COc1ccc(SC(C)(CC=C(C)C)C(=O)O)cc1. The van der Waals surface area contributed by atoms with E-state index in [2.05, 4.69) is 0 Å². The molecule has 1 unspecified atom stereocenters. The van der Waals surface area contributed by atoms with Gasteiger partial charge < -0.3 is 9.84 Å². The molecule has 19 heavy (non-hydrogen) atoms. The molecule has 0 saturated heterocycles. The molecule has 1 rings (SSSR count). The smallest absolute Gasteiger partial charge is 0.320 e. The molecular formula is C15H20O3S. The normalized spacial score (nSPS) is 13.5. The van der Waals surface area contributed by atoms with Crippen LogP contribution in [0, 0.1) is 0 Å². The van der Waals surface area contributed by atoms with E-state index < -0.39 is 10.7 Å². The number of thioether (sulfide) groups is 1. The zero-order valence-electron chi connectivity index (χ0n) is 11.8. The summed E-state index contributed by atoms with van der Waals surface area (Å²) < 4.78 is 4.24. The van der Waals surface area contributed by atoms with Gasteiger partial charge in [-0.15, -0.1) is 11.8 Å². The van der Waals surface area contributed by atoms with Crippen LogP contribution in [0.15, 0.2) is 40.8 Å². The Labute approximate surface area is 118 Å². The number of allylic oxidation sites excluding steroid dienone is 2. The van der Waals surface area contributed by atoms with Gasteiger partial charge >= 0.3 is 5.97 Å². The van der Waals surface area contributed by atoms with Crippen LogP contribution in [0.2, 0.25) is 0 Å². The van der Waals surface area contributed by atoms with E-state index in [9.17, 15) is 9.90 Å². The van der Waals surface area contributed by atoms with E-state index in [1.54, 1.807) is 14.0 Å². The molecule has 1 atom stereocenters. The number of aliphatic carboxylic acids is 1. The lowest BCUT2D eigenvalue weighted by Gasteiger charge is -2.23. The fraction of sp³-hybridized carbons (Fsp3) is 0.400. The molecule has 0 aliphatic rings. The molecule has 0 saturated carbocycles. The minimum Gasteiger partial charge on any atom is -0.497 e. The molecule has 0 aromatic heterocycles. The van der Waals surface area contributed by atoms with Gasteiger partial charge in [0.25, 0.3) is 0 Å². The first-order valence-corrected chi connectivity index (χ1v) is 6.89. The van der Waals surface area contributed by atoms with Crippen LogP contribution in [0.3, 0.4) is 0 Å². The van der Waals surface area contributed by atoms with Crippen LogP contribution in [-0.4, -0.2) is 22.9 Å². The molecule has 1 aromatic rings. The van der Waals surface area contributed by atoms with Crippen molar-refractivity contribution in [2.75, 3.05) is 7.11 Å². The average Bonchev–Trinajstić information content (AvgIpc) is 2.37. The predicted molar refractivity (Wildman–Crippen MR) is 78.9 cm³/mol. The van der Waals surface area contributed by atoms with Crippen molar-refractivity contribution in [3.63, 3.8) is 0 Å². The Balaban J connectivity index is 2.88. The lowest BCUT2D eigenvalue weighted by Crippen LogP contribution is -2.30. The maximum atomic E-state index is 11.5. The van der Waals surface area contributed by atoms with E-state index in [0.717, 1.165) is 16.2 Å². The van der Waals surface area contributed by atoms with Gasteiger partial charge in [-0.2, -0.15) is 0 Å². The molecule has 1 aromatic carbocycles. The van der Waals surface area contributed by atoms with E-state index >= 15 is 0 Å². The Morgan fingerprint density at radius 1 is 1.37 bits per heavy atom. The van der Waals surface area contributed by atoms with Gasteiger partial charge in [0.15, 0.2) is 0 Å². The molecule has 1 N–H and O–H groups in total. The van der Waals surface area contributed by atoms with E-state index in [1.165, 1.54) is 11.8 Å². The van der Waals surface area contributed by atoms with Crippen molar-refractivity contribution >= 4 is 17.7 Å². The molecular weight excluding hydrogens is 260 g/mol. The van der Waals surface area contributed by atoms with Crippen LogP contribution < -0.4 is 4.74 Å². The van der Waals surface area contributed by atoms with Gasteiger partial charge in [-0.1, -0.05) is 11.6 Å². The number of hydrogen-bond acceptors (Lipinski definition) is 3. The summed E-state index contributed by atoms with van der Waals surface area (Å²) in [6, 6.07) is 7.44. The number of carboxylic acids is 1. The zero-order valence-corrected chi connectivity index (χ0v) is 12.6. The summed E-state index contributed by atoms with van der Waals surface area (Å²) in [5, 5.41) is 9.43. The Morgan fingerprint density at radius 2 is 1.95 bits per heavy atom. The van der Waals surface area contributed by atoms with Crippen LogP contribution in [0.25, 0.3) is 0 Å². The molecule has 0 heterocycles. The maximum Gasteiger partial charge on any atom is 0.320 e. The lowest BCUT2D eigenvalue weighted by molar-refractivity contribution is -0.139. The van der Waals surface area contributed by atoms with Crippen LogP contribution >= 0.6 is 11.8 Å². The van der Waals surface area contributed by atoms with Crippen molar-refractivity contribution in [2.45, 2.75) is 36.8 Å². The van der Waals surface area contributed by atoms with Crippen molar-refractivity contribution in [1.82, 2.24) is 0 Å². The Bertz CT molecular complexity index is 461. The molecule has 0 bridgehead atoms. The van der Waals surface area contributed by atoms with Crippen LogP contribution in [0.4, 0.5) is 0 Å². The predicted octanol–water partition coefficient (Wildman–Crippen LogP) is 3.99. The van der Waals surface area contributed by atoms with Gasteiger partial charge in [0.05, 0.1) is 7.11 Å². The van der Waals surface area contributed by atoms with E-state index in [1.807, 2.05) is 44.2 Å². The second-order valence-electron chi connectivity index (χ2n) is 4.80. The summed E-state index contributed by atoms with van der Waals surface area (Å²) in [4.78, 5) is 12.4. The van der Waals surface area contributed by atoms with Gasteiger partial charge in [-0.3, -0.25) is 4.79 Å². The minimum atomic E-state index is -0.855. The average molecular weight is 280 g/mol. The highest BCUT2D eigenvalue weighted by Gasteiger charge is 2.33. The molecule has 104 valence electrons. The largest absolute Gasteiger partial charge is 0.497 e. The van der Waals surface area contributed by atoms with E-state index in [4.69, 9.17) is 4.74 Å². The van der Waals surface area contributed by atoms with Crippen molar-refractivity contribution in [3.05, 3.63) is 35.9 Å². The summed E-state index contributed by atoms with van der Waals surface area (Å²) >= 11 is 1.36. The summed E-state index contributed by atoms with van der Waals surface area (Å²) in [5.41, 5.74) is 1.13. The third-order valence-electron chi connectivity index (χ3n) is 2.75. The molecule has 0 spiro atoms. The fourth-order valence-corrected chi connectivity index (χ4v) is 2.52.